The van der Waals surface area contributed by atoms with Gasteiger partial charge in [0, 0.05) is 6.54 Å². The quantitative estimate of drug-likeness (QED) is 0.765. The van der Waals surface area contributed by atoms with Gasteiger partial charge in [-0.2, -0.15) is 0 Å². The fraction of sp³-hybridized carbons (Fsp3) is 0.312. The molecule has 0 atom stereocenters. The van der Waals surface area contributed by atoms with Gasteiger partial charge < -0.3 is 13.9 Å². The first-order valence-corrected chi connectivity index (χ1v) is 6.60. The van der Waals surface area contributed by atoms with Gasteiger partial charge in [-0.25, -0.2) is 4.79 Å². The minimum absolute atomic E-state index is 0.381. The minimum Gasteiger partial charge on any atom is -0.497 e. The first-order valence-electron chi connectivity index (χ1n) is 6.60. The van der Waals surface area contributed by atoms with Gasteiger partial charge in [0.2, 0.25) is 0 Å². The maximum absolute atomic E-state index is 11.6. The van der Waals surface area contributed by atoms with Crippen LogP contribution in [0.4, 0.5) is 0 Å². The Morgan fingerprint density at radius 2 is 2.05 bits per heavy atom. The van der Waals surface area contributed by atoms with Gasteiger partial charge in [0.15, 0.2) is 0 Å². The van der Waals surface area contributed by atoms with E-state index in [-0.39, 0.29) is 5.97 Å². The first kappa shape index (κ1) is 15.1. The molecule has 0 aliphatic carbocycles. The molecular weight excluding hydrogens is 270 g/mol. The van der Waals surface area contributed by atoms with Crippen LogP contribution in [0.2, 0.25) is 0 Å². The zero-order chi connectivity index (χ0) is 15.2. The van der Waals surface area contributed by atoms with Crippen molar-refractivity contribution in [3.8, 4) is 5.75 Å². The molecule has 0 amide bonds. The lowest BCUT2D eigenvalue weighted by Gasteiger charge is -2.16. The van der Waals surface area contributed by atoms with Gasteiger partial charge in [0.05, 0.1) is 27.0 Å². The highest BCUT2D eigenvalue weighted by molar-refractivity contribution is 5.90. The number of hydrogen-bond acceptors (Lipinski definition) is 5. The first-order chi connectivity index (χ1) is 10.1. The summed E-state index contributed by atoms with van der Waals surface area (Å²) in [5.74, 6) is 1.05. The average molecular weight is 289 g/mol. The van der Waals surface area contributed by atoms with Crippen molar-refractivity contribution in [1.29, 1.82) is 0 Å². The van der Waals surface area contributed by atoms with E-state index in [4.69, 9.17) is 13.9 Å². The van der Waals surface area contributed by atoms with Gasteiger partial charge in [-0.15, -0.1) is 0 Å². The predicted octanol–water partition coefficient (Wildman–Crippen LogP) is 2.71. The number of benzene rings is 1. The van der Waals surface area contributed by atoms with Crippen molar-refractivity contribution >= 4 is 5.97 Å². The second-order valence-electron chi connectivity index (χ2n) is 4.77. The fourth-order valence-electron chi connectivity index (χ4n) is 2.14. The van der Waals surface area contributed by atoms with Gasteiger partial charge in [-0.05, 0) is 30.8 Å². The number of methoxy groups -OCH3 is 2. The number of furan rings is 1. The summed E-state index contributed by atoms with van der Waals surface area (Å²) in [6.45, 7) is 1.24. The van der Waals surface area contributed by atoms with E-state index in [0.29, 0.717) is 17.9 Å². The average Bonchev–Trinajstić information content (AvgIpc) is 2.94. The summed E-state index contributed by atoms with van der Waals surface area (Å²) in [7, 11) is 4.97. The van der Waals surface area contributed by atoms with E-state index >= 15 is 0 Å². The molecule has 0 aliphatic heterocycles. The summed E-state index contributed by atoms with van der Waals surface area (Å²) in [5.41, 5.74) is 1.60. The van der Waals surface area contributed by atoms with Crippen LogP contribution in [0.5, 0.6) is 5.75 Å². The van der Waals surface area contributed by atoms with Crippen molar-refractivity contribution in [3.05, 3.63) is 53.5 Å². The summed E-state index contributed by atoms with van der Waals surface area (Å²) in [4.78, 5) is 13.7. The third-order valence-electron chi connectivity index (χ3n) is 3.15. The van der Waals surface area contributed by atoms with Crippen molar-refractivity contribution in [2.24, 2.45) is 0 Å². The molecule has 0 bridgehead atoms. The number of carbonyl (C=O) groups is 1. The second-order valence-corrected chi connectivity index (χ2v) is 4.77. The van der Waals surface area contributed by atoms with Gasteiger partial charge in [0.25, 0.3) is 0 Å². The van der Waals surface area contributed by atoms with Crippen molar-refractivity contribution in [1.82, 2.24) is 4.90 Å². The molecule has 0 aliphatic rings. The lowest BCUT2D eigenvalue weighted by Crippen LogP contribution is -2.18. The number of carbonyl (C=O) groups excluding carboxylic acids is 1. The van der Waals surface area contributed by atoms with Crippen molar-refractivity contribution in [3.63, 3.8) is 0 Å². The molecule has 2 aromatic rings. The van der Waals surface area contributed by atoms with Crippen LogP contribution in [0, 0.1) is 0 Å². The van der Waals surface area contributed by atoms with Crippen LogP contribution in [-0.2, 0) is 17.8 Å². The Bertz CT molecular complexity index is 606. The van der Waals surface area contributed by atoms with Crippen LogP contribution in [0.15, 0.2) is 41.0 Å². The van der Waals surface area contributed by atoms with E-state index in [2.05, 4.69) is 4.90 Å². The van der Waals surface area contributed by atoms with Crippen LogP contribution < -0.4 is 4.74 Å². The molecule has 1 heterocycles. The van der Waals surface area contributed by atoms with E-state index in [0.717, 1.165) is 17.9 Å². The monoisotopic (exact) mass is 289 g/mol. The molecule has 5 nitrogen and oxygen atoms in total. The molecular formula is C16H19NO4. The highest BCUT2D eigenvalue weighted by Gasteiger charge is 2.16. The second kappa shape index (κ2) is 6.95. The standard InChI is InChI=1S/C16H19NO4/c1-17(10-12-5-4-6-13(9-12)19-2)11-15-14(7-8-21-15)16(18)20-3/h4-9H,10-11H2,1-3H3. The lowest BCUT2D eigenvalue weighted by molar-refractivity contribution is 0.0596. The lowest BCUT2D eigenvalue weighted by atomic mass is 10.2. The van der Waals surface area contributed by atoms with E-state index in [1.54, 1.807) is 13.2 Å². The molecule has 0 radical (unpaired) electrons. The van der Waals surface area contributed by atoms with Crippen LogP contribution in [0.3, 0.4) is 0 Å². The Morgan fingerprint density at radius 1 is 1.24 bits per heavy atom. The van der Waals surface area contributed by atoms with Crippen LogP contribution >= 0.6 is 0 Å². The van der Waals surface area contributed by atoms with Crippen LogP contribution in [-0.4, -0.2) is 32.1 Å². The molecule has 0 fully saturated rings. The highest BCUT2D eigenvalue weighted by Crippen LogP contribution is 2.17. The maximum Gasteiger partial charge on any atom is 0.341 e. The number of ether oxygens (including phenoxy) is 2. The zero-order valence-electron chi connectivity index (χ0n) is 12.5. The predicted molar refractivity (Wildman–Crippen MR) is 78.2 cm³/mol. The summed E-state index contributed by atoms with van der Waals surface area (Å²) in [6.07, 6.45) is 1.50. The number of nitrogens with zero attached hydrogens (tertiary/aromatic N) is 1. The van der Waals surface area contributed by atoms with Crippen molar-refractivity contribution in [2.75, 3.05) is 21.3 Å². The molecule has 0 N–H and O–H groups in total. The maximum atomic E-state index is 11.6. The molecule has 0 saturated carbocycles. The molecule has 1 aromatic heterocycles. The van der Waals surface area contributed by atoms with Crippen molar-refractivity contribution < 1.29 is 18.7 Å². The number of esters is 1. The summed E-state index contributed by atoms with van der Waals surface area (Å²) in [5, 5.41) is 0. The largest absolute Gasteiger partial charge is 0.497 e. The van der Waals surface area contributed by atoms with Crippen molar-refractivity contribution in [2.45, 2.75) is 13.1 Å². The Hall–Kier alpha value is -2.27. The fourth-order valence-corrected chi connectivity index (χ4v) is 2.14. The topological polar surface area (TPSA) is 51.9 Å². The summed E-state index contributed by atoms with van der Waals surface area (Å²) in [6, 6.07) is 9.50. The summed E-state index contributed by atoms with van der Waals surface area (Å²) < 4.78 is 15.3. The Labute approximate surface area is 124 Å². The third kappa shape index (κ3) is 3.86. The summed E-state index contributed by atoms with van der Waals surface area (Å²) >= 11 is 0. The van der Waals surface area contributed by atoms with Crippen LogP contribution in [0.1, 0.15) is 21.7 Å². The van der Waals surface area contributed by atoms with E-state index < -0.39 is 0 Å². The minimum atomic E-state index is -0.381. The number of hydrogen-bond donors (Lipinski definition) is 0. The van der Waals surface area contributed by atoms with Gasteiger partial charge in [-0.3, -0.25) is 4.90 Å². The normalized spacial score (nSPS) is 10.7. The highest BCUT2D eigenvalue weighted by atomic mass is 16.5. The Morgan fingerprint density at radius 3 is 2.76 bits per heavy atom. The molecule has 1 aromatic carbocycles. The Kier molecular flexibility index (Phi) is 5.00. The van der Waals surface area contributed by atoms with E-state index in [1.807, 2.05) is 31.3 Å². The smallest absolute Gasteiger partial charge is 0.341 e. The molecule has 21 heavy (non-hydrogen) atoms. The Balaban J connectivity index is 2.03. The van der Waals surface area contributed by atoms with Crippen LogP contribution in [0.25, 0.3) is 0 Å². The van der Waals surface area contributed by atoms with Gasteiger partial charge in [-0.1, -0.05) is 12.1 Å². The van der Waals surface area contributed by atoms with Gasteiger partial charge in [0.1, 0.15) is 17.1 Å². The third-order valence-corrected chi connectivity index (χ3v) is 3.15. The zero-order valence-corrected chi connectivity index (χ0v) is 12.5. The molecule has 112 valence electrons. The van der Waals surface area contributed by atoms with E-state index in [9.17, 15) is 4.79 Å². The SMILES string of the molecule is COC(=O)c1ccoc1CN(C)Cc1cccc(OC)c1. The molecule has 5 heteroatoms. The molecule has 0 spiro atoms. The van der Waals surface area contributed by atoms with Gasteiger partial charge >= 0.3 is 5.97 Å². The molecule has 0 unspecified atom stereocenters. The number of rotatable bonds is 6. The molecule has 2 rings (SSSR count). The van der Waals surface area contributed by atoms with E-state index in [1.165, 1.54) is 13.4 Å². The molecule has 0 saturated heterocycles.